The van der Waals surface area contributed by atoms with Gasteiger partial charge in [-0.1, -0.05) is 158 Å². The normalized spacial score (nSPS) is 14.7. The van der Waals surface area contributed by atoms with Crippen molar-refractivity contribution in [3.63, 3.8) is 0 Å². The van der Waals surface area contributed by atoms with Crippen molar-refractivity contribution in [3.05, 3.63) is 215 Å². The Balaban J connectivity index is 1.11. The molecule has 1 spiro atoms. The third-order valence-corrected chi connectivity index (χ3v) is 10.1. The van der Waals surface area contributed by atoms with Crippen LogP contribution in [0.5, 0.6) is 11.5 Å². The summed E-state index contributed by atoms with van der Waals surface area (Å²) in [5.74, 6) is 1.77. The molecule has 2 unspecified atom stereocenters. The molecule has 2 aliphatic rings. The van der Waals surface area contributed by atoms with E-state index in [9.17, 15) is 0 Å². The molecule has 0 saturated heterocycles. The van der Waals surface area contributed by atoms with Crippen LogP contribution >= 0.6 is 0 Å². The molecule has 9 rings (SSSR count). The molecule has 1 aliphatic heterocycles. The Kier molecular flexibility index (Phi) is 7.46. The van der Waals surface area contributed by atoms with Gasteiger partial charge in [0.05, 0.1) is 11.6 Å². The highest BCUT2D eigenvalue weighted by Crippen LogP contribution is 2.62. The van der Waals surface area contributed by atoms with Crippen LogP contribution in [0.3, 0.4) is 0 Å². The summed E-state index contributed by atoms with van der Waals surface area (Å²) in [6.45, 7) is 0. The van der Waals surface area contributed by atoms with Gasteiger partial charge < -0.3 is 10.5 Å². The quantitative estimate of drug-likeness (QED) is 0.134. The third-order valence-electron chi connectivity index (χ3n) is 10.1. The minimum Gasteiger partial charge on any atom is -0.457 e. The Morgan fingerprint density at radius 1 is 0.520 bits per heavy atom. The zero-order valence-electron chi connectivity index (χ0n) is 27.4. The lowest BCUT2D eigenvalue weighted by molar-refractivity contribution is 0.436. The van der Waals surface area contributed by atoms with Crippen molar-refractivity contribution in [2.24, 2.45) is 10.7 Å². The topological polar surface area (TPSA) is 59.6 Å². The van der Waals surface area contributed by atoms with Crippen LogP contribution in [0.15, 0.2) is 181 Å². The number of nitrogens with two attached hydrogens (primary N) is 1. The second kappa shape index (κ2) is 12.4. The molecular weight excluding hydrogens is 611 g/mol. The molecule has 0 aromatic heterocycles. The first kappa shape index (κ1) is 30.0. The number of benzene rings is 7. The summed E-state index contributed by atoms with van der Waals surface area (Å²) in [7, 11) is 0. The molecule has 50 heavy (non-hydrogen) atoms. The van der Waals surface area contributed by atoms with Crippen LogP contribution in [0.2, 0.25) is 0 Å². The van der Waals surface area contributed by atoms with Crippen molar-refractivity contribution in [1.82, 2.24) is 5.32 Å². The lowest BCUT2D eigenvalue weighted by Crippen LogP contribution is -2.33. The number of hydrogen-bond donors (Lipinski definition) is 2. The number of hydrogen-bond acceptors (Lipinski definition) is 4. The lowest BCUT2D eigenvalue weighted by atomic mass is 9.66. The second-order valence-electron chi connectivity index (χ2n) is 12.9. The standard InChI is InChI=1S/C46H35N3O/c47-44(49-45(48-30-31-13-3-1-4-14-31)34-25-23-33(24-26-34)32-15-5-2-6-16-32)35-27-28-39-37(29-35)36-17-7-8-18-38(36)46(39)40-19-9-11-21-42(40)50-43-22-12-10-20-41(43)46/h1-30,44-45,49H,47H2/b48-30+. The van der Waals surface area contributed by atoms with Crippen LogP contribution in [-0.2, 0) is 5.41 Å². The van der Waals surface area contributed by atoms with Crippen molar-refractivity contribution >= 4 is 6.21 Å². The summed E-state index contributed by atoms with van der Waals surface area (Å²) in [5, 5.41) is 3.66. The van der Waals surface area contributed by atoms with Crippen LogP contribution in [0.25, 0.3) is 22.3 Å². The van der Waals surface area contributed by atoms with E-state index >= 15 is 0 Å². The first-order valence-corrected chi connectivity index (χ1v) is 17.1. The molecule has 4 heteroatoms. The van der Waals surface area contributed by atoms with E-state index < -0.39 is 11.6 Å². The molecule has 7 aromatic carbocycles. The van der Waals surface area contributed by atoms with E-state index in [1.807, 2.05) is 42.6 Å². The van der Waals surface area contributed by atoms with Crippen LogP contribution < -0.4 is 15.8 Å². The number of fused-ring (bicyclic) bond motifs is 9. The number of aliphatic imine (C=N–C) groups is 1. The summed E-state index contributed by atoms with van der Waals surface area (Å²) >= 11 is 0. The minimum absolute atomic E-state index is 0.365. The summed E-state index contributed by atoms with van der Waals surface area (Å²) in [5.41, 5.74) is 19.1. The maximum atomic E-state index is 7.06. The van der Waals surface area contributed by atoms with Gasteiger partial charge in [0.1, 0.15) is 17.7 Å². The summed E-state index contributed by atoms with van der Waals surface area (Å²) in [6, 6.07) is 61.5. The number of nitrogens with zero attached hydrogens (tertiary/aromatic N) is 1. The molecule has 0 amide bonds. The van der Waals surface area contributed by atoms with Gasteiger partial charge >= 0.3 is 0 Å². The minimum atomic E-state index is -0.504. The molecule has 7 aromatic rings. The van der Waals surface area contributed by atoms with Gasteiger partial charge in [0, 0.05) is 17.3 Å². The Bertz CT molecular complexity index is 2300. The van der Waals surface area contributed by atoms with Gasteiger partial charge in [0.15, 0.2) is 0 Å². The van der Waals surface area contributed by atoms with Gasteiger partial charge in [-0.05, 0) is 68.3 Å². The maximum absolute atomic E-state index is 7.06. The molecule has 0 bridgehead atoms. The van der Waals surface area contributed by atoms with Gasteiger partial charge in [-0.15, -0.1) is 0 Å². The van der Waals surface area contributed by atoms with Crippen LogP contribution in [0.1, 0.15) is 51.3 Å². The van der Waals surface area contributed by atoms with Gasteiger partial charge in [-0.25, -0.2) is 0 Å². The number of rotatable bonds is 7. The molecule has 240 valence electrons. The summed E-state index contributed by atoms with van der Waals surface area (Å²) < 4.78 is 6.49. The molecule has 0 radical (unpaired) electrons. The maximum Gasteiger partial charge on any atom is 0.132 e. The molecular formula is C46H35N3O. The van der Waals surface area contributed by atoms with E-state index in [1.54, 1.807) is 0 Å². The van der Waals surface area contributed by atoms with Gasteiger partial charge in [-0.2, -0.15) is 0 Å². The lowest BCUT2D eigenvalue weighted by Gasteiger charge is -2.39. The van der Waals surface area contributed by atoms with Gasteiger partial charge in [0.25, 0.3) is 0 Å². The number of nitrogens with one attached hydrogen (secondary N) is 1. The average Bonchev–Trinajstić information content (AvgIpc) is 3.47. The molecule has 0 saturated carbocycles. The number of para-hydroxylation sites is 2. The smallest absolute Gasteiger partial charge is 0.132 e. The highest BCUT2D eigenvalue weighted by molar-refractivity contribution is 5.88. The highest BCUT2D eigenvalue weighted by atomic mass is 16.5. The fourth-order valence-electron chi connectivity index (χ4n) is 7.75. The van der Waals surface area contributed by atoms with E-state index in [-0.39, 0.29) is 6.17 Å². The third kappa shape index (κ3) is 4.97. The van der Waals surface area contributed by atoms with Crippen LogP contribution in [0, 0.1) is 0 Å². The predicted molar refractivity (Wildman–Crippen MR) is 203 cm³/mol. The molecule has 2 atom stereocenters. The Morgan fingerprint density at radius 2 is 1.06 bits per heavy atom. The molecule has 1 aliphatic carbocycles. The Morgan fingerprint density at radius 3 is 1.76 bits per heavy atom. The molecule has 4 nitrogen and oxygen atoms in total. The van der Waals surface area contributed by atoms with Crippen molar-refractivity contribution in [2.45, 2.75) is 17.7 Å². The average molecular weight is 646 g/mol. The van der Waals surface area contributed by atoms with E-state index in [0.717, 1.165) is 44.9 Å². The highest BCUT2D eigenvalue weighted by Gasteiger charge is 2.50. The SMILES string of the molecule is NC(NC(/N=C/c1ccccc1)c1ccc(-c2ccccc2)cc1)c1ccc2c(c1)-c1ccccc1C21c2ccccc2Oc2ccccc21. The van der Waals surface area contributed by atoms with Crippen molar-refractivity contribution in [1.29, 1.82) is 0 Å². The molecule has 3 N–H and O–H groups in total. The zero-order chi connectivity index (χ0) is 33.5. The van der Waals surface area contributed by atoms with E-state index in [0.29, 0.717) is 0 Å². The Labute approximate surface area is 292 Å². The van der Waals surface area contributed by atoms with Crippen molar-refractivity contribution in [2.75, 3.05) is 0 Å². The van der Waals surface area contributed by atoms with E-state index in [1.165, 1.54) is 27.8 Å². The fourth-order valence-corrected chi connectivity index (χ4v) is 7.75. The summed E-state index contributed by atoms with van der Waals surface area (Å²) in [4.78, 5) is 5.03. The van der Waals surface area contributed by atoms with Crippen molar-refractivity contribution < 1.29 is 4.74 Å². The van der Waals surface area contributed by atoms with E-state index in [2.05, 4.69) is 145 Å². The largest absolute Gasteiger partial charge is 0.457 e. The van der Waals surface area contributed by atoms with E-state index in [4.69, 9.17) is 15.5 Å². The fraction of sp³-hybridized carbons (Fsp3) is 0.0652. The van der Waals surface area contributed by atoms with Gasteiger partial charge in [-0.3, -0.25) is 10.3 Å². The zero-order valence-corrected chi connectivity index (χ0v) is 27.4. The first-order chi connectivity index (χ1) is 24.7. The van der Waals surface area contributed by atoms with Crippen LogP contribution in [0.4, 0.5) is 0 Å². The number of ether oxygens (including phenoxy) is 1. The predicted octanol–water partition coefficient (Wildman–Crippen LogP) is 10.2. The first-order valence-electron chi connectivity index (χ1n) is 17.1. The molecule has 1 heterocycles. The molecule has 0 fully saturated rings. The van der Waals surface area contributed by atoms with Crippen molar-refractivity contribution in [3.8, 4) is 33.8 Å². The van der Waals surface area contributed by atoms with Crippen LogP contribution in [-0.4, -0.2) is 6.21 Å². The second-order valence-corrected chi connectivity index (χ2v) is 12.9. The van der Waals surface area contributed by atoms with Gasteiger partial charge in [0.2, 0.25) is 0 Å². The Hall–Kier alpha value is -6.07. The monoisotopic (exact) mass is 645 g/mol. The summed E-state index contributed by atoms with van der Waals surface area (Å²) in [6.07, 6.45) is 1.07.